The number of ether oxygens (including phenoxy) is 1. The van der Waals surface area contributed by atoms with E-state index in [9.17, 15) is 13.2 Å². The Morgan fingerprint density at radius 3 is 2.38 bits per heavy atom. The van der Waals surface area contributed by atoms with E-state index in [1.165, 1.54) is 0 Å². The number of hydrogen-bond acceptors (Lipinski definition) is 5. The van der Waals surface area contributed by atoms with Gasteiger partial charge in [0.2, 0.25) is 5.88 Å². The molecule has 0 fully saturated rings. The summed E-state index contributed by atoms with van der Waals surface area (Å²) in [5.41, 5.74) is 3.66. The minimum absolute atomic E-state index is 0.524. The number of methoxy groups -OCH3 is 1. The van der Waals surface area contributed by atoms with Crippen LogP contribution in [-0.4, -0.2) is 39.3 Å². The second-order valence-corrected chi connectivity index (χ2v) is 5.04. The van der Waals surface area contributed by atoms with Crippen LogP contribution in [0.5, 0.6) is 5.88 Å². The Labute approximate surface area is 146 Å². The number of benzene rings is 1. The second-order valence-electron chi connectivity index (χ2n) is 5.04. The summed E-state index contributed by atoms with van der Waals surface area (Å²) in [5.74, 6) is -2.23. The summed E-state index contributed by atoms with van der Waals surface area (Å²) in [7, 11) is 1.60. The van der Waals surface area contributed by atoms with E-state index in [0.29, 0.717) is 5.88 Å². The summed E-state index contributed by atoms with van der Waals surface area (Å²) in [6.07, 6.45) is -1.80. The fourth-order valence-corrected chi connectivity index (χ4v) is 2.12. The van der Waals surface area contributed by atoms with Gasteiger partial charge >= 0.3 is 12.1 Å². The number of aryl methyl sites for hydroxylation is 1. The van der Waals surface area contributed by atoms with Crippen LogP contribution >= 0.6 is 0 Å². The third kappa shape index (κ3) is 4.44. The summed E-state index contributed by atoms with van der Waals surface area (Å²) >= 11 is 0. The first-order valence-corrected chi connectivity index (χ1v) is 7.26. The number of hydrogen-bond donors (Lipinski definition) is 1. The number of halogens is 3. The van der Waals surface area contributed by atoms with Crippen molar-refractivity contribution >= 4 is 16.9 Å². The molecule has 6 nitrogen and oxygen atoms in total. The molecule has 0 aliphatic heterocycles. The molecular formula is C17H14F3N3O3. The van der Waals surface area contributed by atoms with Crippen LogP contribution < -0.4 is 4.74 Å². The Morgan fingerprint density at radius 2 is 1.77 bits per heavy atom. The third-order valence-electron chi connectivity index (χ3n) is 3.23. The van der Waals surface area contributed by atoms with Gasteiger partial charge in [0.25, 0.3) is 0 Å². The number of carbonyl (C=O) groups is 1. The minimum atomic E-state index is -5.08. The molecule has 0 saturated carbocycles. The number of carboxylic acids is 1. The van der Waals surface area contributed by atoms with Gasteiger partial charge in [0.05, 0.1) is 12.6 Å². The van der Waals surface area contributed by atoms with Crippen molar-refractivity contribution in [3.8, 4) is 17.1 Å². The summed E-state index contributed by atoms with van der Waals surface area (Å²) < 4.78 is 37.0. The smallest absolute Gasteiger partial charge is 0.479 e. The van der Waals surface area contributed by atoms with Crippen molar-refractivity contribution < 1.29 is 27.8 Å². The quantitative estimate of drug-likeness (QED) is 0.746. The predicted octanol–water partition coefficient (Wildman–Crippen LogP) is 3.64. The number of aliphatic carboxylic acids is 1. The van der Waals surface area contributed by atoms with E-state index in [1.54, 1.807) is 19.5 Å². The van der Waals surface area contributed by atoms with Gasteiger partial charge in [-0.2, -0.15) is 13.2 Å². The molecule has 2 aromatic heterocycles. The van der Waals surface area contributed by atoms with Crippen molar-refractivity contribution in [2.24, 2.45) is 0 Å². The molecule has 1 aromatic carbocycles. The largest absolute Gasteiger partial charge is 0.490 e. The Hall–Kier alpha value is -3.23. The van der Waals surface area contributed by atoms with Gasteiger partial charge in [-0.05, 0) is 19.1 Å². The van der Waals surface area contributed by atoms with Crippen molar-refractivity contribution in [1.82, 2.24) is 15.0 Å². The number of fused-ring (bicyclic) bond motifs is 1. The first-order valence-electron chi connectivity index (χ1n) is 7.26. The zero-order chi connectivity index (χ0) is 19.3. The molecule has 0 aliphatic rings. The standard InChI is InChI=1S/C15H13N3O.C2HF3O2/c1-10-6-7-11-12(4-3-5-13(11)18-10)14-15(19-2)17-9-8-16-14;3-2(4,5)1(6)7/h3-9H,1-2H3;(H,6,7). The lowest BCUT2D eigenvalue weighted by Gasteiger charge is -2.09. The second kappa shape index (κ2) is 7.77. The Balaban J connectivity index is 0.000000298. The number of alkyl halides is 3. The molecule has 9 heteroatoms. The van der Waals surface area contributed by atoms with E-state index >= 15 is 0 Å². The highest BCUT2D eigenvalue weighted by atomic mass is 19.4. The lowest BCUT2D eigenvalue weighted by Crippen LogP contribution is -2.21. The lowest BCUT2D eigenvalue weighted by molar-refractivity contribution is -0.192. The van der Waals surface area contributed by atoms with E-state index < -0.39 is 12.1 Å². The molecule has 0 aliphatic carbocycles. The summed E-state index contributed by atoms with van der Waals surface area (Å²) in [5, 5.41) is 8.17. The van der Waals surface area contributed by atoms with Crippen LogP contribution in [0.3, 0.4) is 0 Å². The number of aromatic nitrogens is 3. The van der Waals surface area contributed by atoms with E-state index in [0.717, 1.165) is 27.9 Å². The van der Waals surface area contributed by atoms with Gasteiger partial charge in [0.1, 0.15) is 5.69 Å². The first-order chi connectivity index (χ1) is 12.2. The van der Waals surface area contributed by atoms with Crippen molar-refractivity contribution in [2.75, 3.05) is 7.11 Å². The average Bonchev–Trinajstić information content (AvgIpc) is 2.60. The molecule has 0 amide bonds. The molecular weight excluding hydrogens is 351 g/mol. The van der Waals surface area contributed by atoms with Gasteiger partial charge in [0.15, 0.2) is 0 Å². The molecule has 136 valence electrons. The predicted molar refractivity (Wildman–Crippen MR) is 87.7 cm³/mol. The summed E-state index contributed by atoms with van der Waals surface area (Å²) in [4.78, 5) is 22.0. The zero-order valence-electron chi connectivity index (χ0n) is 13.8. The summed E-state index contributed by atoms with van der Waals surface area (Å²) in [6, 6.07) is 10.0. The van der Waals surface area contributed by atoms with Gasteiger partial charge < -0.3 is 9.84 Å². The fourth-order valence-electron chi connectivity index (χ4n) is 2.12. The van der Waals surface area contributed by atoms with Gasteiger partial charge in [0, 0.05) is 29.0 Å². The third-order valence-corrected chi connectivity index (χ3v) is 3.23. The van der Waals surface area contributed by atoms with Crippen molar-refractivity contribution in [2.45, 2.75) is 13.1 Å². The maximum atomic E-state index is 10.6. The topological polar surface area (TPSA) is 85.2 Å². The molecule has 2 heterocycles. The van der Waals surface area contributed by atoms with Crippen LogP contribution in [-0.2, 0) is 4.79 Å². The molecule has 0 bridgehead atoms. The molecule has 26 heavy (non-hydrogen) atoms. The number of rotatable bonds is 2. The monoisotopic (exact) mass is 365 g/mol. The molecule has 0 saturated heterocycles. The molecule has 1 N–H and O–H groups in total. The van der Waals surface area contributed by atoms with E-state index in [-0.39, 0.29) is 0 Å². The molecule has 0 unspecified atom stereocenters. The number of carboxylic acid groups (broad SMARTS) is 1. The van der Waals surface area contributed by atoms with Crippen molar-refractivity contribution in [3.05, 3.63) is 48.4 Å². The zero-order valence-corrected chi connectivity index (χ0v) is 13.8. The number of nitrogens with zero attached hydrogens (tertiary/aromatic N) is 3. The van der Waals surface area contributed by atoms with Crippen LogP contribution in [0.15, 0.2) is 42.7 Å². The van der Waals surface area contributed by atoms with Crippen LogP contribution in [0.25, 0.3) is 22.2 Å². The van der Waals surface area contributed by atoms with Crippen LogP contribution in [0, 0.1) is 6.92 Å². The molecule has 0 atom stereocenters. The Bertz CT molecular complexity index is 930. The SMILES string of the molecule is COc1nccnc1-c1cccc2nc(C)ccc12.O=C(O)C(F)(F)F. The molecule has 0 spiro atoms. The number of pyridine rings is 1. The van der Waals surface area contributed by atoms with Crippen LogP contribution in [0.4, 0.5) is 13.2 Å². The highest BCUT2D eigenvalue weighted by Gasteiger charge is 2.38. The van der Waals surface area contributed by atoms with E-state index in [1.807, 2.05) is 31.2 Å². The average molecular weight is 365 g/mol. The van der Waals surface area contributed by atoms with Gasteiger partial charge in [-0.1, -0.05) is 18.2 Å². The van der Waals surface area contributed by atoms with Gasteiger partial charge in [-0.25, -0.2) is 14.8 Å². The van der Waals surface area contributed by atoms with Crippen molar-refractivity contribution in [1.29, 1.82) is 0 Å². The first kappa shape index (κ1) is 19.1. The maximum Gasteiger partial charge on any atom is 0.490 e. The maximum absolute atomic E-state index is 10.6. The lowest BCUT2D eigenvalue weighted by atomic mass is 10.1. The van der Waals surface area contributed by atoms with E-state index in [4.69, 9.17) is 14.6 Å². The van der Waals surface area contributed by atoms with Gasteiger partial charge in [-0.15, -0.1) is 0 Å². The normalized spacial score (nSPS) is 10.8. The molecule has 3 rings (SSSR count). The molecule has 0 radical (unpaired) electrons. The molecule has 3 aromatic rings. The Morgan fingerprint density at radius 1 is 1.12 bits per heavy atom. The van der Waals surface area contributed by atoms with Gasteiger partial charge in [-0.3, -0.25) is 4.98 Å². The summed E-state index contributed by atoms with van der Waals surface area (Å²) in [6.45, 7) is 1.98. The minimum Gasteiger partial charge on any atom is -0.479 e. The fraction of sp³-hybridized carbons (Fsp3) is 0.176. The van der Waals surface area contributed by atoms with Crippen LogP contribution in [0.1, 0.15) is 5.69 Å². The van der Waals surface area contributed by atoms with E-state index in [2.05, 4.69) is 21.0 Å². The highest BCUT2D eigenvalue weighted by Crippen LogP contribution is 2.31. The highest BCUT2D eigenvalue weighted by molar-refractivity contribution is 5.94. The Kier molecular flexibility index (Phi) is 5.71. The van der Waals surface area contributed by atoms with Crippen molar-refractivity contribution in [3.63, 3.8) is 0 Å². The van der Waals surface area contributed by atoms with Crippen LogP contribution in [0.2, 0.25) is 0 Å².